The maximum atomic E-state index is 14.0. The Morgan fingerprint density at radius 2 is 1.30 bits per heavy atom. The molecule has 0 saturated heterocycles. The molecule has 0 aliphatic rings. The summed E-state index contributed by atoms with van der Waals surface area (Å²) in [4.78, 5) is 40.2. The van der Waals surface area contributed by atoms with Crippen LogP contribution in [0.15, 0.2) is 109 Å². The van der Waals surface area contributed by atoms with Gasteiger partial charge in [0.15, 0.2) is 0 Å². The molecule has 0 heterocycles. The van der Waals surface area contributed by atoms with Crippen molar-refractivity contribution in [2.24, 2.45) is 0 Å². The molecule has 4 rings (SSSR count). The number of hydrogen-bond acceptors (Lipinski definition) is 3. The molecule has 4 aromatic carbocycles. The van der Waals surface area contributed by atoms with E-state index in [9.17, 15) is 19.5 Å². The third-order valence-corrected chi connectivity index (χ3v) is 6.91. The lowest BCUT2D eigenvalue weighted by atomic mass is 9.93. The molecule has 0 radical (unpaired) electrons. The molecule has 0 spiro atoms. The lowest BCUT2D eigenvalue weighted by Crippen LogP contribution is -2.36. The molecule has 2 amide bonds. The van der Waals surface area contributed by atoms with E-state index in [0.717, 1.165) is 11.1 Å². The molecule has 1 atom stereocenters. The van der Waals surface area contributed by atoms with E-state index < -0.39 is 5.97 Å². The van der Waals surface area contributed by atoms with Crippen LogP contribution in [-0.2, 0) is 11.2 Å². The van der Waals surface area contributed by atoms with Crippen molar-refractivity contribution in [3.8, 4) is 11.1 Å². The number of nitrogens with zero attached hydrogens (tertiary/aromatic N) is 1. The van der Waals surface area contributed by atoms with Crippen molar-refractivity contribution in [1.29, 1.82) is 0 Å². The number of carbonyl (C=O) groups excluding carboxylic acids is 2. The first-order chi connectivity index (χ1) is 19.4. The standard InChI is InChI=1S/C34H34N2O4/c1-25(27-14-6-3-7-15-27)24-36(23-21-32(37)38)34(40)31-19-11-9-17-29(31)28-16-8-10-18-30(28)33(39)35-22-20-26-12-4-2-5-13-26/h2-19,25H,20-24H2,1H3,(H,35,39)(H,37,38). The first-order valence-electron chi connectivity index (χ1n) is 13.5. The van der Waals surface area contributed by atoms with Crippen LogP contribution in [0.4, 0.5) is 0 Å². The van der Waals surface area contributed by atoms with E-state index in [1.807, 2.05) is 91.9 Å². The smallest absolute Gasteiger partial charge is 0.305 e. The van der Waals surface area contributed by atoms with Gasteiger partial charge in [-0.05, 0) is 46.7 Å². The van der Waals surface area contributed by atoms with Crippen LogP contribution >= 0.6 is 0 Å². The molecule has 2 N–H and O–H groups in total. The van der Waals surface area contributed by atoms with E-state index in [2.05, 4.69) is 5.32 Å². The highest BCUT2D eigenvalue weighted by Gasteiger charge is 2.24. The number of benzene rings is 4. The van der Waals surface area contributed by atoms with Gasteiger partial charge in [0.25, 0.3) is 11.8 Å². The number of rotatable bonds is 12. The number of hydrogen-bond donors (Lipinski definition) is 2. The summed E-state index contributed by atoms with van der Waals surface area (Å²) in [5.74, 6) is -1.43. The summed E-state index contributed by atoms with van der Waals surface area (Å²) < 4.78 is 0. The highest BCUT2D eigenvalue weighted by Crippen LogP contribution is 2.29. The summed E-state index contributed by atoms with van der Waals surface area (Å²) >= 11 is 0. The minimum absolute atomic E-state index is 0.00813. The summed E-state index contributed by atoms with van der Waals surface area (Å²) in [7, 11) is 0. The van der Waals surface area contributed by atoms with Crippen molar-refractivity contribution in [1.82, 2.24) is 10.2 Å². The Morgan fingerprint density at radius 3 is 1.95 bits per heavy atom. The van der Waals surface area contributed by atoms with Crippen LogP contribution in [0.1, 0.15) is 51.1 Å². The Balaban J connectivity index is 1.59. The zero-order valence-electron chi connectivity index (χ0n) is 22.6. The topological polar surface area (TPSA) is 86.7 Å². The van der Waals surface area contributed by atoms with Crippen molar-refractivity contribution in [3.05, 3.63) is 131 Å². The first-order valence-corrected chi connectivity index (χ1v) is 13.5. The number of amides is 2. The molecule has 0 saturated carbocycles. The molecule has 0 bridgehead atoms. The molecule has 0 aliphatic carbocycles. The predicted molar refractivity (Wildman–Crippen MR) is 157 cm³/mol. The maximum Gasteiger partial charge on any atom is 0.305 e. The van der Waals surface area contributed by atoms with Gasteiger partial charge in [0.05, 0.1) is 6.42 Å². The largest absolute Gasteiger partial charge is 0.481 e. The van der Waals surface area contributed by atoms with Gasteiger partial charge in [-0.25, -0.2) is 0 Å². The summed E-state index contributed by atoms with van der Waals surface area (Å²) in [6, 6.07) is 34.3. The monoisotopic (exact) mass is 534 g/mol. The first kappa shape index (κ1) is 28.3. The van der Waals surface area contributed by atoms with Crippen LogP contribution in [-0.4, -0.2) is 47.4 Å². The van der Waals surface area contributed by atoms with Gasteiger partial charge in [0.1, 0.15) is 0 Å². The molecule has 204 valence electrons. The Labute approximate surface area is 235 Å². The van der Waals surface area contributed by atoms with Crippen molar-refractivity contribution in [3.63, 3.8) is 0 Å². The van der Waals surface area contributed by atoms with E-state index in [0.29, 0.717) is 41.8 Å². The molecule has 6 heteroatoms. The number of aliphatic carboxylic acids is 1. The normalized spacial score (nSPS) is 11.4. The lowest BCUT2D eigenvalue weighted by Gasteiger charge is -2.27. The van der Waals surface area contributed by atoms with Crippen molar-refractivity contribution in [2.45, 2.75) is 25.7 Å². The number of carboxylic acid groups (broad SMARTS) is 1. The third kappa shape index (κ3) is 7.44. The molecule has 1 unspecified atom stereocenters. The molecule has 40 heavy (non-hydrogen) atoms. The van der Waals surface area contributed by atoms with Crippen LogP contribution in [0, 0.1) is 0 Å². The number of nitrogens with one attached hydrogen (secondary N) is 1. The summed E-state index contributed by atoms with van der Waals surface area (Å²) in [5, 5.41) is 12.4. The van der Waals surface area contributed by atoms with Gasteiger partial charge in [0.2, 0.25) is 0 Å². The Kier molecular flexibility index (Phi) is 9.83. The van der Waals surface area contributed by atoms with Crippen LogP contribution in [0.2, 0.25) is 0 Å². The maximum absolute atomic E-state index is 14.0. The van der Waals surface area contributed by atoms with E-state index in [1.165, 1.54) is 0 Å². The van der Waals surface area contributed by atoms with Gasteiger partial charge in [-0.15, -0.1) is 0 Å². The molecule has 0 aromatic heterocycles. The van der Waals surface area contributed by atoms with Gasteiger partial charge in [-0.2, -0.15) is 0 Å². The number of carboxylic acids is 1. The highest BCUT2D eigenvalue weighted by atomic mass is 16.4. The second kappa shape index (κ2) is 13.9. The predicted octanol–water partition coefficient (Wildman–Crippen LogP) is 6.05. The van der Waals surface area contributed by atoms with Crippen LogP contribution in [0.3, 0.4) is 0 Å². The SMILES string of the molecule is CC(CN(CCC(=O)O)C(=O)c1ccccc1-c1ccccc1C(=O)NCCc1ccccc1)c1ccccc1. The van der Waals surface area contributed by atoms with Gasteiger partial charge in [-0.1, -0.05) is 104 Å². The molecular weight excluding hydrogens is 500 g/mol. The third-order valence-electron chi connectivity index (χ3n) is 6.91. The van der Waals surface area contributed by atoms with E-state index in [4.69, 9.17) is 0 Å². The van der Waals surface area contributed by atoms with Crippen LogP contribution in [0.5, 0.6) is 0 Å². The fourth-order valence-corrected chi connectivity index (χ4v) is 4.77. The van der Waals surface area contributed by atoms with Gasteiger partial charge < -0.3 is 15.3 Å². The molecule has 6 nitrogen and oxygen atoms in total. The average molecular weight is 535 g/mol. The van der Waals surface area contributed by atoms with Crippen molar-refractivity contribution >= 4 is 17.8 Å². The van der Waals surface area contributed by atoms with E-state index in [1.54, 1.807) is 29.2 Å². The lowest BCUT2D eigenvalue weighted by molar-refractivity contribution is -0.137. The molecule has 0 fully saturated rings. The zero-order chi connectivity index (χ0) is 28.3. The van der Waals surface area contributed by atoms with Gasteiger partial charge in [-0.3, -0.25) is 14.4 Å². The summed E-state index contributed by atoms with van der Waals surface area (Å²) in [5.41, 5.74) is 4.40. The number of carbonyl (C=O) groups is 3. The van der Waals surface area contributed by atoms with E-state index >= 15 is 0 Å². The Morgan fingerprint density at radius 1 is 0.750 bits per heavy atom. The molecule has 0 aliphatic heterocycles. The highest BCUT2D eigenvalue weighted by molar-refractivity contribution is 6.06. The quantitative estimate of drug-likeness (QED) is 0.232. The summed E-state index contributed by atoms with van der Waals surface area (Å²) in [6.45, 7) is 2.96. The Bertz CT molecular complexity index is 1440. The minimum atomic E-state index is -0.962. The average Bonchev–Trinajstić information content (AvgIpc) is 2.99. The summed E-state index contributed by atoms with van der Waals surface area (Å²) in [6.07, 6.45) is 0.553. The van der Waals surface area contributed by atoms with Gasteiger partial charge >= 0.3 is 5.97 Å². The van der Waals surface area contributed by atoms with Crippen molar-refractivity contribution < 1.29 is 19.5 Å². The fourth-order valence-electron chi connectivity index (χ4n) is 4.77. The Hall–Kier alpha value is -4.71. The van der Waals surface area contributed by atoms with Gasteiger partial charge in [0, 0.05) is 30.8 Å². The van der Waals surface area contributed by atoms with E-state index in [-0.39, 0.29) is 30.7 Å². The molecule has 4 aromatic rings. The fraction of sp³-hybridized carbons (Fsp3) is 0.206. The molecular formula is C34H34N2O4. The van der Waals surface area contributed by atoms with Crippen molar-refractivity contribution in [2.75, 3.05) is 19.6 Å². The minimum Gasteiger partial charge on any atom is -0.481 e. The zero-order valence-corrected chi connectivity index (χ0v) is 22.6. The second-order valence-electron chi connectivity index (χ2n) is 9.79. The van der Waals surface area contributed by atoms with Crippen LogP contribution < -0.4 is 5.32 Å². The van der Waals surface area contributed by atoms with Crippen LogP contribution in [0.25, 0.3) is 11.1 Å². The second-order valence-corrected chi connectivity index (χ2v) is 9.79.